The quantitative estimate of drug-likeness (QED) is 0.622. The van der Waals surface area contributed by atoms with Gasteiger partial charge in [0, 0.05) is 30.3 Å². The third-order valence-corrected chi connectivity index (χ3v) is 3.36. The first-order chi connectivity index (χ1) is 8.61. The first-order valence-electron chi connectivity index (χ1n) is 5.93. The summed E-state index contributed by atoms with van der Waals surface area (Å²) in [4.78, 5) is 12.3. The van der Waals surface area contributed by atoms with Crippen molar-refractivity contribution in [3.63, 3.8) is 0 Å². The van der Waals surface area contributed by atoms with Crippen LogP contribution in [0.2, 0.25) is 0 Å². The Labute approximate surface area is 105 Å². The minimum Gasteiger partial charge on any atom is -0.508 e. The van der Waals surface area contributed by atoms with E-state index in [-0.39, 0.29) is 24.1 Å². The van der Waals surface area contributed by atoms with E-state index in [1.54, 1.807) is 0 Å². The van der Waals surface area contributed by atoms with Crippen molar-refractivity contribution in [1.29, 1.82) is 0 Å². The Balaban J connectivity index is 2.17. The van der Waals surface area contributed by atoms with E-state index in [9.17, 15) is 20.3 Å². The van der Waals surface area contributed by atoms with Crippen LogP contribution in [0.1, 0.15) is 18.4 Å². The summed E-state index contributed by atoms with van der Waals surface area (Å²) in [5.41, 5.74) is 0.507. The molecule has 1 heterocycles. The van der Waals surface area contributed by atoms with Gasteiger partial charge in [-0.15, -0.1) is 0 Å². The summed E-state index contributed by atoms with van der Waals surface area (Å²) in [5, 5.41) is 29.6. The highest BCUT2D eigenvalue weighted by molar-refractivity contribution is 5.43. The number of aliphatic hydroxyl groups excluding tert-OH is 1. The summed E-state index contributed by atoms with van der Waals surface area (Å²) in [7, 11) is 0. The Morgan fingerprint density at radius 1 is 1.50 bits per heavy atom. The Hall–Kier alpha value is -1.66. The number of nitro groups is 1. The molecule has 1 aliphatic heterocycles. The zero-order chi connectivity index (χ0) is 13.1. The van der Waals surface area contributed by atoms with E-state index in [4.69, 9.17) is 0 Å². The fourth-order valence-corrected chi connectivity index (χ4v) is 2.34. The molecule has 0 spiro atoms. The largest absolute Gasteiger partial charge is 0.508 e. The summed E-state index contributed by atoms with van der Waals surface area (Å²) in [6.07, 6.45) is 1.92. The summed E-state index contributed by atoms with van der Waals surface area (Å²) in [6.45, 7) is 1.35. The van der Waals surface area contributed by atoms with E-state index >= 15 is 0 Å². The zero-order valence-electron chi connectivity index (χ0n) is 9.95. The lowest BCUT2D eigenvalue weighted by Gasteiger charge is -2.22. The molecule has 1 aromatic carbocycles. The van der Waals surface area contributed by atoms with Gasteiger partial charge in [0.25, 0.3) is 5.69 Å². The van der Waals surface area contributed by atoms with Crippen molar-refractivity contribution >= 4 is 5.69 Å². The highest BCUT2D eigenvalue weighted by Gasteiger charge is 2.25. The van der Waals surface area contributed by atoms with Gasteiger partial charge in [-0.1, -0.05) is 0 Å². The van der Waals surface area contributed by atoms with E-state index in [2.05, 4.69) is 0 Å². The lowest BCUT2D eigenvalue weighted by molar-refractivity contribution is -0.385. The maximum atomic E-state index is 10.7. The van der Waals surface area contributed by atoms with E-state index in [0.717, 1.165) is 19.4 Å². The highest BCUT2D eigenvalue weighted by Crippen LogP contribution is 2.27. The second-order valence-corrected chi connectivity index (χ2v) is 4.52. The molecule has 98 valence electrons. The second kappa shape index (κ2) is 5.32. The normalized spacial score (nSPS) is 20.2. The molecule has 0 radical (unpaired) electrons. The SMILES string of the molecule is O=[N+]([O-])c1ccc(O)c(CN2CCC[C@H]2CO)c1. The number of hydrogen-bond acceptors (Lipinski definition) is 5. The second-order valence-electron chi connectivity index (χ2n) is 4.52. The van der Waals surface area contributed by atoms with E-state index < -0.39 is 4.92 Å². The lowest BCUT2D eigenvalue weighted by atomic mass is 10.1. The van der Waals surface area contributed by atoms with Crippen LogP contribution in [-0.2, 0) is 6.54 Å². The molecule has 0 bridgehead atoms. The molecule has 0 aromatic heterocycles. The zero-order valence-corrected chi connectivity index (χ0v) is 9.95. The maximum Gasteiger partial charge on any atom is 0.270 e. The van der Waals surface area contributed by atoms with Gasteiger partial charge in [0.2, 0.25) is 0 Å². The van der Waals surface area contributed by atoms with Crippen LogP contribution in [0.4, 0.5) is 5.69 Å². The predicted molar refractivity (Wildman–Crippen MR) is 65.3 cm³/mol. The molecular weight excluding hydrogens is 236 g/mol. The van der Waals surface area contributed by atoms with Crippen LogP contribution in [0.25, 0.3) is 0 Å². The number of nitro benzene ring substituents is 1. The molecule has 0 aliphatic carbocycles. The van der Waals surface area contributed by atoms with Crippen LogP contribution >= 0.6 is 0 Å². The van der Waals surface area contributed by atoms with Gasteiger partial charge in [0.1, 0.15) is 5.75 Å². The molecule has 1 atom stereocenters. The minimum atomic E-state index is -0.476. The number of benzene rings is 1. The molecule has 6 nitrogen and oxygen atoms in total. The van der Waals surface area contributed by atoms with Gasteiger partial charge < -0.3 is 10.2 Å². The predicted octanol–water partition coefficient (Wildman–Crippen LogP) is 1.26. The van der Waals surface area contributed by atoms with Gasteiger partial charge in [-0.25, -0.2) is 0 Å². The van der Waals surface area contributed by atoms with Crippen molar-refractivity contribution in [2.75, 3.05) is 13.2 Å². The first kappa shape index (κ1) is 12.8. The number of non-ortho nitro benzene ring substituents is 1. The summed E-state index contributed by atoms with van der Waals surface area (Å²) in [5.74, 6) is 0.0594. The minimum absolute atomic E-state index is 0.0254. The first-order valence-corrected chi connectivity index (χ1v) is 5.93. The number of phenolic OH excluding ortho intramolecular Hbond substituents is 1. The summed E-state index contributed by atoms with van der Waals surface area (Å²) >= 11 is 0. The van der Waals surface area contributed by atoms with Gasteiger partial charge in [-0.3, -0.25) is 15.0 Å². The number of likely N-dealkylation sites (tertiary alicyclic amines) is 1. The number of aliphatic hydroxyl groups is 1. The third kappa shape index (κ3) is 2.60. The smallest absolute Gasteiger partial charge is 0.270 e. The average Bonchev–Trinajstić information content (AvgIpc) is 2.79. The van der Waals surface area contributed by atoms with Crippen LogP contribution in [0.5, 0.6) is 5.75 Å². The van der Waals surface area contributed by atoms with Crippen LogP contribution in [0, 0.1) is 10.1 Å². The Morgan fingerprint density at radius 2 is 2.28 bits per heavy atom. The molecule has 0 unspecified atom stereocenters. The standard InChI is InChI=1S/C12H16N2O4/c15-8-11-2-1-5-13(11)7-9-6-10(14(17)18)3-4-12(9)16/h3-4,6,11,15-16H,1-2,5,7-8H2/t11-/m0/s1. The molecule has 1 aromatic rings. The van der Waals surface area contributed by atoms with E-state index in [1.807, 2.05) is 4.90 Å². The van der Waals surface area contributed by atoms with Gasteiger partial charge in [0.15, 0.2) is 0 Å². The monoisotopic (exact) mass is 252 g/mol. The average molecular weight is 252 g/mol. The van der Waals surface area contributed by atoms with Gasteiger partial charge in [-0.05, 0) is 25.5 Å². The van der Waals surface area contributed by atoms with Crippen LogP contribution < -0.4 is 0 Å². The fraction of sp³-hybridized carbons (Fsp3) is 0.500. The van der Waals surface area contributed by atoms with Gasteiger partial charge in [-0.2, -0.15) is 0 Å². The fourth-order valence-electron chi connectivity index (χ4n) is 2.34. The molecule has 0 amide bonds. The molecule has 6 heteroatoms. The van der Waals surface area contributed by atoms with Crippen molar-refractivity contribution in [3.8, 4) is 5.75 Å². The molecular formula is C12H16N2O4. The van der Waals surface area contributed by atoms with E-state index in [0.29, 0.717) is 12.1 Å². The van der Waals surface area contributed by atoms with Crippen molar-refractivity contribution < 1.29 is 15.1 Å². The lowest BCUT2D eigenvalue weighted by Crippen LogP contribution is -2.31. The van der Waals surface area contributed by atoms with Crippen molar-refractivity contribution in [1.82, 2.24) is 4.90 Å². The van der Waals surface area contributed by atoms with Crippen LogP contribution in [0.3, 0.4) is 0 Å². The molecule has 1 aliphatic rings. The third-order valence-electron chi connectivity index (χ3n) is 3.36. The molecule has 18 heavy (non-hydrogen) atoms. The molecule has 1 saturated heterocycles. The van der Waals surface area contributed by atoms with Crippen LogP contribution in [0.15, 0.2) is 18.2 Å². The number of rotatable bonds is 4. The van der Waals surface area contributed by atoms with E-state index in [1.165, 1.54) is 18.2 Å². The van der Waals surface area contributed by atoms with Gasteiger partial charge in [0.05, 0.1) is 11.5 Å². The topological polar surface area (TPSA) is 86.8 Å². The van der Waals surface area contributed by atoms with Crippen molar-refractivity contribution in [2.45, 2.75) is 25.4 Å². The molecule has 0 saturated carbocycles. The Bertz CT molecular complexity index is 450. The number of hydrogen-bond donors (Lipinski definition) is 2. The van der Waals surface area contributed by atoms with Crippen LogP contribution in [-0.4, -0.2) is 39.2 Å². The Morgan fingerprint density at radius 3 is 2.94 bits per heavy atom. The highest BCUT2D eigenvalue weighted by atomic mass is 16.6. The number of nitrogens with zero attached hydrogens (tertiary/aromatic N) is 2. The van der Waals surface area contributed by atoms with Gasteiger partial charge >= 0.3 is 0 Å². The summed E-state index contributed by atoms with van der Waals surface area (Å²) < 4.78 is 0. The summed E-state index contributed by atoms with van der Waals surface area (Å²) in [6, 6.07) is 4.11. The number of aromatic hydroxyl groups is 1. The van der Waals surface area contributed by atoms with Crippen molar-refractivity contribution in [2.24, 2.45) is 0 Å². The Kier molecular flexibility index (Phi) is 3.78. The molecule has 2 N–H and O–H groups in total. The van der Waals surface area contributed by atoms with Crippen molar-refractivity contribution in [3.05, 3.63) is 33.9 Å². The maximum absolute atomic E-state index is 10.7. The number of phenols is 1. The molecule has 1 fully saturated rings. The molecule has 2 rings (SSSR count).